The summed E-state index contributed by atoms with van der Waals surface area (Å²) >= 11 is 1.17. The molecule has 0 aliphatic carbocycles. The van der Waals surface area contributed by atoms with Crippen LogP contribution in [-0.2, 0) is 4.79 Å². The van der Waals surface area contributed by atoms with Crippen molar-refractivity contribution in [2.24, 2.45) is 0 Å². The average molecular weight is 385 g/mol. The van der Waals surface area contributed by atoms with E-state index in [1.165, 1.54) is 36.7 Å². The Morgan fingerprint density at radius 3 is 2.74 bits per heavy atom. The number of methoxy groups -OCH3 is 2. The summed E-state index contributed by atoms with van der Waals surface area (Å²) in [5.41, 5.74) is 1.28. The van der Waals surface area contributed by atoms with Crippen molar-refractivity contribution in [2.45, 2.75) is 0 Å². The largest absolute Gasteiger partial charge is 0.497 e. The molecule has 0 bridgehead atoms. The minimum atomic E-state index is -0.470. The van der Waals surface area contributed by atoms with Gasteiger partial charge in [0.15, 0.2) is 5.13 Å². The number of aromatic nitrogens is 1. The van der Waals surface area contributed by atoms with Crippen LogP contribution in [0.25, 0.3) is 16.3 Å². The number of amides is 1. The van der Waals surface area contributed by atoms with E-state index >= 15 is 0 Å². The summed E-state index contributed by atoms with van der Waals surface area (Å²) in [4.78, 5) is 26.8. The first kappa shape index (κ1) is 18.3. The second kappa shape index (κ2) is 7.83. The molecule has 0 atom stereocenters. The van der Waals surface area contributed by atoms with Gasteiger partial charge in [-0.1, -0.05) is 11.3 Å². The summed E-state index contributed by atoms with van der Waals surface area (Å²) < 4.78 is 11.0. The fourth-order valence-corrected chi connectivity index (χ4v) is 3.25. The molecular weight excluding hydrogens is 370 g/mol. The molecule has 8 nitrogen and oxygen atoms in total. The second-order valence-corrected chi connectivity index (χ2v) is 6.39. The van der Waals surface area contributed by atoms with Crippen molar-refractivity contribution in [2.75, 3.05) is 19.5 Å². The number of fused-ring (bicyclic) bond motifs is 1. The molecule has 9 heteroatoms. The van der Waals surface area contributed by atoms with E-state index in [9.17, 15) is 14.9 Å². The quantitative estimate of drug-likeness (QED) is 0.392. The number of benzene rings is 2. The minimum absolute atomic E-state index is 0.0180. The van der Waals surface area contributed by atoms with Crippen molar-refractivity contribution in [1.82, 2.24) is 4.98 Å². The van der Waals surface area contributed by atoms with Crippen LogP contribution >= 0.6 is 11.3 Å². The second-order valence-electron chi connectivity index (χ2n) is 5.36. The van der Waals surface area contributed by atoms with E-state index < -0.39 is 4.92 Å². The molecule has 1 heterocycles. The summed E-state index contributed by atoms with van der Waals surface area (Å²) in [6.07, 6.45) is 2.98. The van der Waals surface area contributed by atoms with Gasteiger partial charge in [0, 0.05) is 29.8 Å². The summed E-state index contributed by atoms with van der Waals surface area (Å²) in [6.45, 7) is 0. The molecule has 0 saturated carbocycles. The average Bonchev–Trinajstić information content (AvgIpc) is 3.07. The highest BCUT2D eigenvalue weighted by molar-refractivity contribution is 7.22. The topological polar surface area (TPSA) is 104 Å². The van der Waals surface area contributed by atoms with Gasteiger partial charge >= 0.3 is 0 Å². The van der Waals surface area contributed by atoms with Gasteiger partial charge < -0.3 is 9.47 Å². The Morgan fingerprint density at radius 2 is 2.04 bits per heavy atom. The molecule has 0 aliphatic heterocycles. The number of rotatable bonds is 6. The number of nitro benzene ring substituents is 1. The van der Waals surface area contributed by atoms with E-state index in [1.54, 1.807) is 37.5 Å². The van der Waals surface area contributed by atoms with E-state index in [0.29, 0.717) is 32.4 Å². The van der Waals surface area contributed by atoms with Gasteiger partial charge in [0.05, 0.1) is 29.4 Å². The highest BCUT2D eigenvalue weighted by Crippen LogP contribution is 2.29. The fourth-order valence-electron chi connectivity index (χ4n) is 2.35. The van der Waals surface area contributed by atoms with Crippen molar-refractivity contribution < 1.29 is 19.2 Å². The number of carbonyl (C=O) groups is 1. The standard InChI is InChI=1S/C18H15N3O5S/c1-25-13-6-3-11(15(10-13)26-2)4-8-17(22)20-18-19-14-7-5-12(21(23)24)9-16(14)27-18/h3-10H,1-2H3,(H,19,20,22)/b8-4+. The van der Waals surface area contributed by atoms with Crippen LogP contribution in [-0.4, -0.2) is 30.0 Å². The highest BCUT2D eigenvalue weighted by atomic mass is 32.1. The zero-order chi connectivity index (χ0) is 19.4. The van der Waals surface area contributed by atoms with Crippen LogP contribution in [0, 0.1) is 10.1 Å². The van der Waals surface area contributed by atoms with E-state index in [-0.39, 0.29) is 11.6 Å². The molecule has 3 aromatic rings. The SMILES string of the molecule is COc1ccc(/C=C/C(=O)Nc2nc3ccc([N+](=O)[O-])cc3s2)c(OC)c1. The third-order valence-electron chi connectivity index (χ3n) is 3.67. The molecular formula is C18H15N3O5S. The number of carbonyl (C=O) groups excluding carboxylic acids is 1. The number of nitrogens with zero attached hydrogens (tertiary/aromatic N) is 2. The Bertz CT molecular complexity index is 1040. The van der Waals surface area contributed by atoms with Crippen LogP contribution in [0.1, 0.15) is 5.56 Å². The number of anilines is 1. The molecule has 0 aliphatic rings. The van der Waals surface area contributed by atoms with Gasteiger partial charge in [-0.05, 0) is 24.3 Å². The Hall–Kier alpha value is -3.46. The maximum atomic E-state index is 12.2. The number of ether oxygens (including phenoxy) is 2. The first-order valence-electron chi connectivity index (χ1n) is 7.76. The molecule has 1 amide bonds. The smallest absolute Gasteiger partial charge is 0.270 e. The van der Waals surface area contributed by atoms with Crippen LogP contribution in [0.3, 0.4) is 0 Å². The maximum absolute atomic E-state index is 12.2. The summed E-state index contributed by atoms with van der Waals surface area (Å²) in [6, 6.07) is 9.62. The Kier molecular flexibility index (Phi) is 5.32. The monoisotopic (exact) mass is 385 g/mol. The van der Waals surface area contributed by atoms with E-state index in [4.69, 9.17) is 9.47 Å². The van der Waals surface area contributed by atoms with Gasteiger partial charge in [0.2, 0.25) is 5.91 Å². The molecule has 27 heavy (non-hydrogen) atoms. The number of hydrogen-bond donors (Lipinski definition) is 1. The van der Waals surface area contributed by atoms with Gasteiger partial charge in [-0.25, -0.2) is 4.98 Å². The van der Waals surface area contributed by atoms with Crippen LogP contribution in [0.5, 0.6) is 11.5 Å². The third kappa shape index (κ3) is 4.21. The lowest BCUT2D eigenvalue weighted by molar-refractivity contribution is -0.384. The molecule has 138 valence electrons. The van der Waals surface area contributed by atoms with Crippen molar-refractivity contribution in [3.63, 3.8) is 0 Å². The van der Waals surface area contributed by atoms with E-state index in [1.807, 2.05) is 0 Å². The van der Waals surface area contributed by atoms with Crippen LogP contribution in [0.2, 0.25) is 0 Å². The Morgan fingerprint density at radius 1 is 1.22 bits per heavy atom. The van der Waals surface area contributed by atoms with Crippen LogP contribution < -0.4 is 14.8 Å². The zero-order valence-corrected chi connectivity index (χ0v) is 15.3. The van der Waals surface area contributed by atoms with Gasteiger partial charge in [-0.2, -0.15) is 0 Å². The first-order chi connectivity index (χ1) is 13.0. The predicted octanol–water partition coefficient (Wildman–Crippen LogP) is 3.87. The lowest BCUT2D eigenvalue weighted by Gasteiger charge is -2.07. The highest BCUT2D eigenvalue weighted by Gasteiger charge is 2.11. The number of nitrogens with one attached hydrogen (secondary N) is 1. The molecule has 0 spiro atoms. The minimum Gasteiger partial charge on any atom is -0.497 e. The predicted molar refractivity (Wildman–Crippen MR) is 103 cm³/mol. The van der Waals surface area contributed by atoms with Gasteiger partial charge in [-0.3, -0.25) is 20.2 Å². The number of nitro groups is 1. The van der Waals surface area contributed by atoms with Gasteiger partial charge in [0.25, 0.3) is 5.69 Å². The molecule has 1 aromatic heterocycles. The summed E-state index contributed by atoms with van der Waals surface area (Å²) in [5.74, 6) is 0.851. The first-order valence-corrected chi connectivity index (χ1v) is 8.58. The molecule has 3 rings (SSSR count). The summed E-state index contributed by atoms with van der Waals surface area (Å²) in [5, 5.41) is 13.9. The van der Waals surface area contributed by atoms with Gasteiger partial charge in [-0.15, -0.1) is 0 Å². The van der Waals surface area contributed by atoms with Crippen molar-refractivity contribution in [3.05, 3.63) is 58.2 Å². The number of non-ortho nitro benzene ring substituents is 1. The maximum Gasteiger partial charge on any atom is 0.270 e. The molecule has 1 N–H and O–H groups in total. The zero-order valence-electron chi connectivity index (χ0n) is 14.5. The molecule has 0 radical (unpaired) electrons. The summed E-state index contributed by atoms with van der Waals surface area (Å²) in [7, 11) is 3.09. The number of thiazole rings is 1. The lowest BCUT2D eigenvalue weighted by atomic mass is 10.1. The molecule has 0 unspecified atom stereocenters. The van der Waals surface area contributed by atoms with Crippen LogP contribution in [0.4, 0.5) is 10.8 Å². The molecule has 2 aromatic carbocycles. The van der Waals surface area contributed by atoms with E-state index in [0.717, 1.165) is 0 Å². The normalized spacial score (nSPS) is 10.9. The van der Waals surface area contributed by atoms with Crippen molar-refractivity contribution in [1.29, 1.82) is 0 Å². The third-order valence-corrected chi connectivity index (χ3v) is 4.60. The fraction of sp³-hybridized carbons (Fsp3) is 0.111. The van der Waals surface area contributed by atoms with Crippen molar-refractivity contribution >= 4 is 44.4 Å². The van der Waals surface area contributed by atoms with Crippen LogP contribution in [0.15, 0.2) is 42.5 Å². The van der Waals surface area contributed by atoms with Crippen molar-refractivity contribution in [3.8, 4) is 11.5 Å². The van der Waals surface area contributed by atoms with Gasteiger partial charge in [0.1, 0.15) is 11.5 Å². The van der Waals surface area contributed by atoms with E-state index in [2.05, 4.69) is 10.3 Å². The lowest BCUT2D eigenvalue weighted by Crippen LogP contribution is -2.07. The molecule has 0 saturated heterocycles. The number of hydrogen-bond acceptors (Lipinski definition) is 7. The molecule has 0 fully saturated rings. The Balaban J connectivity index is 1.75. The Labute approximate surface area is 158 Å².